The normalized spacial score (nSPS) is 11.5. The fourth-order valence-corrected chi connectivity index (χ4v) is 1.21. The van der Waals surface area contributed by atoms with Gasteiger partial charge in [-0.05, 0) is 12.3 Å². The standard InChI is InChI=1S/C12H26N4O/c1-10(2)6-8-14-12(13-3)15-9-7-11(17)16(4)5/h10H,6-9H2,1-5H3,(H2,13,14,15). The van der Waals surface area contributed by atoms with Crippen molar-refractivity contribution >= 4 is 11.9 Å². The number of amides is 1. The molecule has 1 amide bonds. The van der Waals surface area contributed by atoms with E-state index in [0.29, 0.717) is 18.9 Å². The van der Waals surface area contributed by atoms with Crippen LogP contribution in [-0.4, -0.2) is 51.0 Å². The van der Waals surface area contributed by atoms with Gasteiger partial charge in [0.1, 0.15) is 0 Å². The highest BCUT2D eigenvalue weighted by Crippen LogP contribution is 1.95. The van der Waals surface area contributed by atoms with Gasteiger partial charge in [0.05, 0.1) is 0 Å². The highest BCUT2D eigenvalue weighted by Gasteiger charge is 2.04. The van der Waals surface area contributed by atoms with E-state index in [2.05, 4.69) is 29.5 Å². The van der Waals surface area contributed by atoms with E-state index < -0.39 is 0 Å². The van der Waals surface area contributed by atoms with Crippen LogP contribution in [-0.2, 0) is 4.79 Å². The molecule has 0 aromatic carbocycles. The summed E-state index contributed by atoms with van der Waals surface area (Å²) in [5.41, 5.74) is 0. The van der Waals surface area contributed by atoms with Gasteiger partial charge in [-0.3, -0.25) is 9.79 Å². The van der Waals surface area contributed by atoms with Crippen molar-refractivity contribution in [3.05, 3.63) is 0 Å². The van der Waals surface area contributed by atoms with E-state index in [9.17, 15) is 4.79 Å². The number of aliphatic imine (C=N–C) groups is 1. The first-order chi connectivity index (χ1) is 7.97. The van der Waals surface area contributed by atoms with Crippen LogP contribution in [0, 0.1) is 5.92 Å². The van der Waals surface area contributed by atoms with Crippen LogP contribution in [0.15, 0.2) is 4.99 Å². The van der Waals surface area contributed by atoms with E-state index in [4.69, 9.17) is 0 Å². The third kappa shape index (κ3) is 8.54. The Morgan fingerprint density at radius 2 is 1.82 bits per heavy atom. The first-order valence-electron chi connectivity index (χ1n) is 6.12. The minimum atomic E-state index is 0.120. The van der Waals surface area contributed by atoms with Gasteiger partial charge in [-0.25, -0.2) is 0 Å². The summed E-state index contributed by atoms with van der Waals surface area (Å²) in [5, 5.41) is 6.34. The summed E-state index contributed by atoms with van der Waals surface area (Å²) < 4.78 is 0. The molecule has 0 heterocycles. The Morgan fingerprint density at radius 1 is 1.24 bits per heavy atom. The molecule has 0 fully saturated rings. The maximum absolute atomic E-state index is 11.3. The maximum atomic E-state index is 11.3. The third-order valence-corrected chi connectivity index (χ3v) is 2.37. The summed E-state index contributed by atoms with van der Waals surface area (Å²) in [7, 11) is 5.26. The van der Waals surface area contributed by atoms with Gasteiger partial charge in [0.15, 0.2) is 5.96 Å². The van der Waals surface area contributed by atoms with Crippen molar-refractivity contribution in [1.29, 1.82) is 0 Å². The summed E-state index contributed by atoms with van der Waals surface area (Å²) in [6.45, 7) is 5.89. The molecule has 0 radical (unpaired) electrons. The van der Waals surface area contributed by atoms with Gasteiger partial charge in [-0.15, -0.1) is 0 Å². The molecular weight excluding hydrogens is 216 g/mol. The predicted octanol–water partition coefficient (Wildman–Crippen LogP) is 0.676. The fraction of sp³-hybridized carbons (Fsp3) is 0.833. The van der Waals surface area contributed by atoms with Crippen LogP contribution in [0.5, 0.6) is 0 Å². The minimum absolute atomic E-state index is 0.120. The van der Waals surface area contributed by atoms with Gasteiger partial charge in [-0.2, -0.15) is 0 Å². The zero-order valence-electron chi connectivity index (χ0n) is 11.7. The van der Waals surface area contributed by atoms with Crippen molar-refractivity contribution in [3.8, 4) is 0 Å². The van der Waals surface area contributed by atoms with Crippen LogP contribution in [0.2, 0.25) is 0 Å². The van der Waals surface area contributed by atoms with Gasteiger partial charge in [0.25, 0.3) is 0 Å². The van der Waals surface area contributed by atoms with Gasteiger partial charge in [-0.1, -0.05) is 13.8 Å². The summed E-state index contributed by atoms with van der Waals surface area (Å²) in [5.74, 6) is 1.56. The zero-order chi connectivity index (χ0) is 13.3. The summed E-state index contributed by atoms with van der Waals surface area (Å²) in [6, 6.07) is 0. The Balaban J connectivity index is 3.73. The average Bonchev–Trinajstić information content (AvgIpc) is 2.26. The molecule has 0 atom stereocenters. The van der Waals surface area contributed by atoms with Crippen molar-refractivity contribution in [2.45, 2.75) is 26.7 Å². The van der Waals surface area contributed by atoms with E-state index in [1.165, 1.54) is 0 Å². The van der Waals surface area contributed by atoms with E-state index in [0.717, 1.165) is 18.9 Å². The SMILES string of the molecule is CN=C(NCCC(=O)N(C)C)NCCC(C)C. The van der Waals surface area contributed by atoms with Gasteiger partial charge in [0.2, 0.25) is 5.91 Å². The molecule has 0 rings (SSSR count). The quantitative estimate of drug-likeness (QED) is 0.532. The Morgan fingerprint density at radius 3 is 2.29 bits per heavy atom. The smallest absolute Gasteiger partial charge is 0.223 e. The van der Waals surface area contributed by atoms with Crippen LogP contribution >= 0.6 is 0 Å². The molecule has 0 saturated heterocycles. The van der Waals surface area contributed by atoms with Crippen molar-refractivity contribution < 1.29 is 4.79 Å². The number of carbonyl (C=O) groups excluding carboxylic acids is 1. The van der Waals surface area contributed by atoms with Crippen molar-refractivity contribution in [2.75, 3.05) is 34.2 Å². The molecule has 5 heteroatoms. The number of hydrogen-bond acceptors (Lipinski definition) is 2. The molecule has 17 heavy (non-hydrogen) atoms. The second kappa shape index (κ2) is 8.84. The summed E-state index contributed by atoms with van der Waals surface area (Å²) in [6.07, 6.45) is 1.59. The van der Waals surface area contributed by atoms with E-state index in [1.54, 1.807) is 26.0 Å². The lowest BCUT2D eigenvalue weighted by Crippen LogP contribution is -2.39. The second-order valence-electron chi connectivity index (χ2n) is 4.65. The fourth-order valence-electron chi connectivity index (χ4n) is 1.21. The van der Waals surface area contributed by atoms with Crippen LogP contribution < -0.4 is 10.6 Å². The highest BCUT2D eigenvalue weighted by atomic mass is 16.2. The lowest BCUT2D eigenvalue weighted by Gasteiger charge is -2.14. The molecule has 2 N–H and O–H groups in total. The molecular formula is C12H26N4O. The number of carbonyl (C=O) groups is 1. The van der Waals surface area contributed by atoms with Gasteiger partial charge < -0.3 is 15.5 Å². The molecule has 0 bridgehead atoms. The highest BCUT2D eigenvalue weighted by molar-refractivity contribution is 5.81. The molecule has 5 nitrogen and oxygen atoms in total. The lowest BCUT2D eigenvalue weighted by molar-refractivity contribution is -0.128. The third-order valence-electron chi connectivity index (χ3n) is 2.37. The Hall–Kier alpha value is -1.26. The zero-order valence-corrected chi connectivity index (χ0v) is 11.7. The number of guanidine groups is 1. The van der Waals surface area contributed by atoms with Gasteiger partial charge >= 0.3 is 0 Å². The van der Waals surface area contributed by atoms with Crippen LogP contribution in [0.25, 0.3) is 0 Å². The molecule has 0 aromatic rings. The first-order valence-corrected chi connectivity index (χ1v) is 6.12. The second-order valence-corrected chi connectivity index (χ2v) is 4.65. The summed E-state index contributed by atoms with van der Waals surface area (Å²) in [4.78, 5) is 17.0. The molecule has 0 aromatic heterocycles. The minimum Gasteiger partial charge on any atom is -0.356 e. The molecule has 0 aliphatic heterocycles. The predicted molar refractivity (Wildman–Crippen MR) is 72.1 cm³/mol. The Labute approximate surface area is 105 Å². The molecule has 0 aliphatic rings. The van der Waals surface area contributed by atoms with Gasteiger partial charge in [0, 0.05) is 40.7 Å². The van der Waals surface area contributed by atoms with E-state index in [1.807, 2.05) is 0 Å². The van der Waals surface area contributed by atoms with Crippen LogP contribution in [0.4, 0.5) is 0 Å². The van der Waals surface area contributed by atoms with E-state index in [-0.39, 0.29) is 5.91 Å². The maximum Gasteiger partial charge on any atom is 0.223 e. The molecule has 0 spiro atoms. The topological polar surface area (TPSA) is 56.7 Å². The number of nitrogens with zero attached hydrogens (tertiary/aromatic N) is 2. The van der Waals surface area contributed by atoms with Crippen LogP contribution in [0.3, 0.4) is 0 Å². The van der Waals surface area contributed by atoms with Crippen molar-refractivity contribution in [1.82, 2.24) is 15.5 Å². The Kier molecular flexibility index (Phi) is 8.19. The van der Waals surface area contributed by atoms with Crippen molar-refractivity contribution in [2.24, 2.45) is 10.9 Å². The number of rotatable bonds is 6. The number of nitrogens with one attached hydrogen (secondary N) is 2. The molecule has 0 saturated carbocycles. The molecule has 100 valence electrons. The largest absolute Gasteiger partial charge is 0.356 e. The molecule has 0 aliphatic carbocycles. The van der Waals surface area contributed by atoms with Crippen molar-refractivity contribution in [3.63, 3.8) is 0 Å². The summed E-state index contributed by atoms with van der Waals surface area (Å²) >= 11 is 0. The Bertz CT molecular complexity index is 249. The average molecular weight is 242 g/mol. The first kappa shape index (κ1) is 15.7. The van der Waals surface area contributed by atoms with Crippen LogP contribution in [0.1, 0.15) is 26.7 Å². The monoisotopic (exact) mass is 242 g/mol. The van der Waals surface area contributed by atoms with E-state index >= 15 is 0 Å². The lowest BCUT2D eigenvalue weighted by atomic mass is 10.1. The number of hydrogen-bond donors (Lipinski definition) is 2. The molecule has 0 unspecified atom stereocenters.